The molecule has 1 aliphatic heterocycles. The van der Waals surface area contributed by atoms with E-state index in [9.17, 15) is 9.59 Å². The van der Waals surface area contributed by atoms with Crippen LogP contribution in [-0.4, -0.2) is 41.0 Å². The largest absolute Gasteiger partial charge is 0.452 e. The minimum Gasteiger partial charge on any atom is -0.452 e. The monoisotopic (exact) mass is 344 g/mol. The normalized spacial score (nSPS) is 18.2. The Balaban J connectivity index is 1.52. The molecular formula is C18H20N2O3S. The van der Waals surface area contributed by atoms with Gasteiger partial charge in [-0.3, -0.25) is 4.79 Å². The molecule has 0 radical (unpaired) electrons. The minimum absolute atomic E-state index is 0.121. The lowest BCUT2D eigenvalue weighted by atomic mass is 10.0. The van der Waals surface area contributed by atoms with Gasteiger partial charge >= 0.3 is 5.97 Å². The highest BCUT2D eigenvalue weighted by Gasteiger charge is 2.23. The van der Waals surface area contributed by atoms with Crippen LogP contribution < -0.4 is 0 Å². The highest BCUT2D eigenvalue weighted by atomic mass is 32.1. The van der Waals surface area contributed by atoms with E-state index in [1.54, 1.807) is 11.0 Å². The van der Waals surface area contributed by atoms with Crippen molar-refractivity contribution >= 4 is 39.5 Å². The Hall–Kier alpha value is -2.21. The average Bonchev–Trinajstić information content (AvgIpc) is 3.01. The van der Waals surface area contributed by atoms with Crippen LogP contribution in [-0.2, 0) is 14.3 Å². The van der Waals surface area contributed by atoms with Crippen LogP contribution >= 0.6 is 11.3 Å². The van der Waals surface area contributed by atoms with Crippen LogP contribution in [0.3, 0.4) is 0 Å². The zero-order valence-corrected chi connectivity index (χ0v) is 14.4. The molecule has 0 saturated carbocycles. The number of likely N-dealkylation sites (tertiary alicyclic amines) is 1. The van der Waals surface area contributed by atoms with E-state index in [-0.39, 0.29) is 18.6 Å². The van der Waals surface area contributed by atoms with Crippen LogP contribution in [0.15, 0.2) is 30.3 Å². The third-order valence-corrected chi connectivity index (χ3v) is 5.14. The van der Waals surface area contributed by atoms with Gasteiger partial charge in [0.2, 0.25) is 0 Å². The highest BCUT2D eigenvalue weighted by Crippen LogP contribution is 2.22. The summed E-state index contributed by atoms with van der Waals surface area (Å²) in [6.07, 6.45) is 6.12. The zero-order valence-electron chi connectivity index (χ0n) is 13.6. The van der Waals surface area contributed by atoms with Crippen molar-refractivity contribution in [3.05, 3.63) is 35.3 Å². The number of carbonyl (C=O) groups excluding carboxylic acids is 2. The first-order valence-corrected chi connectivity index (χ1v) is 8.95. The quantitative estimate of drug-likeness (QED) is 0.631. The number of benzene rings is 1. The Bertz CT molecular complexity index is 735. The Morgan fingerprint density at radius 3 is 3.00 bits per heavy atom. The van der Waals surface area contributed by atoms with Crippen LogP contribution in [0.2, 0.25) is 0 Å². The Kier molecular flexibility index (Phi) is 5.25. The summed E-state index contributed by atoms with van der Waals surface area (Å²) in [5.74, 6) is -0.642. The van der Waals surface area contributed by atoms with Gasteiger partial charge in [-0.1, -0.05) is 12.1 Å². The van der Waals surface area contributed by atoms with Crippen LogP contribution in [0.4, 0.5) is 0 Å². The van der Waals surface area contributed by atoms with Crippen molar-refractivity contribution in [1.82, 2.24) is 9.88 Å². The first-order valence-electron chi connectivity index (χ1n) is 8.13. The number of esters is 1. The molecule has 1 aromatic heterocycles. The average molecular weight is 344 g/mol. The number of ether oxygens (including phenoxy) is 1. The van der Waals surface area contributed by atoms with Crippen molar-refractivity contribution in [1.29, 1.82) is 0 Å². The SMILES string of the molecule is C[C@H]1CCCCN1C(=O)COC(=O)/C=C/c1nc2ccccc2s1. The van der Waals surface area contributed by atoms with E-state index in [1.165, 1.54) is 17.4 Å². The molecule has 0 spiro atoms. The molecule has 2 heterocycles. The maximum absolute atomic E-state index is 12.1. The standard InChI is InChI=1S/C18H20N2O3S/c1-13-6-4-5-11-20(13)17(21)12-23-18(22)10-9-16-19-14-7-2-3-8-15(14)24-16/h2-3,7-10,13H,4-6,11-12H2,1H3/b10-9+/t13-/m0/s1. The lowest BCUT2D eigenvalue weighted by Crippen LogP contribution is -2.44. The van der Waals surface area contributed by atoms with Gasteiger partial charge in [-0.25, -0.2) is 9.78 Å². The lowest BCUT2D eigenvalue weighted by Gasteiger charge is -2.33. The molecule has 1 aliphatic rings. The number of hydrogen-bond donors (Lipinski definition) is 0. The summed E-state index contributed by atoms with van der Waals surface area (Å²) in [7, 11) is 0. The number of amides is 1. The molecule has 3 rings (SSSR count). The van der Waals surface area contributed by atoms with E-state index in [2.05, 4.69) is 4.98 Å². The van der Waals surface area contributed by atoms with E-state index in [1.807, 2.05) is 31.2 Å². The fraction of sp³-hybridized carbons (Fsp3) is 0.389. The lowest BCUT2D eigenvalue weighted by molar-refractivity contribution is -0.149. The molecule has 126 valence electrons. The smallest absolute Gasteiger partial charge is 0.331 e. The summed E-state index contributed by atoms with van der Waals surface area (Å²) in [4.78, 5) is 30.1. The van der Waals surface area contributed by atoms with Crippen LogP contribution in [0.1, 0.15) is 31.2 Å². The fourth-order valence-electron chi connectivity index (χ4n) is 2.83. The number of fused-ring (bicyclic) bond motifs is 1. The van der Waals surface area contributed by atoms with E-state index in [4.69, 9.17) is 4.74 Å². The molecule has 1 amide bonds. The molecule has 0 bridgehead atoms. The van der Waals surface area contributed by atoms with E-state index in [0.717, 1.165) is 41.0 Å². The van der Waals surface area contributed by atoms with E-state index >= 15 is 0 Å². The van der Waals surface area contributed by atoms with Gasteiger partial charge in [-0.05, 0) is 44.4 Å². The van der Waals surface area contributed by atoms with Gasteiger partial charge in [0.1, 0.15) is 5.01 Å². The summed E-state index contributed by atoms with van der Waals surface area (Å²) >= 11 is 1.51. The molecule has 0 aliphatic carbocycles. The third kappa shape index (κ3) is 4.00. The fourth-order valence-corrected chi connectivity index (χ4v) is 3.70. The van der Waals surface area contributed by atoms with E-state index < -0.39 is 5.97 Å². The van der Waals surface area contributed by atoms with Crippen molar-refractivity contribution < 1.29 is 14.3 Å². The highest BCUT2D eigenvalue weighted by molar-refractivity contribution is 7.19. The predicted molar refractivity (Wildman–Crippen MR) is 94.6 cm³/mol. The molecule has 24 heavy (non-hydrogen) atoms. The van der Waals surface area contributed by atoms with Crippen molar-refractivity contribution in [2.75, 3.05) is 13.2 Å². The topological polar surface area (TPSA) is 59.5 Å². The van der Waals surface area contributed by atoms with Gasteiger partial charge in [-0.15, -0.1) is 11.3 Å². The van der Waals surface area contributed by atoms with Gasteiger partial charge in [0.15, 0.2) is 6.61 Å². The van der Waals surface area contributed by atoms with Crippen LogP contribution in [0, 0.1) is 0 Å². The molecule has 1 fully saturated rings. The number of aromatic nitrogens is 1. The second kappa shape index (κ2) is 7.57. The Morgan fingerprint density at radius 1 is 1.38 bits per heavy atom. The molecule has 0 N–H and O–H groups in total. The molecule has 5 nitrogen and oxygen atoms in total. The number of hydrogen-bond acceptors (Lipinski definition) is 5. The second-order valence-electron chi connectivity index (χ2n) is 5.89. The van der Waals surface area contributed by atoms with Crippen molar-refractivity contribution in [3.8, 4) is 0 Å². The minimum atomic E-state index is -0.521. The number of piperidine rings is 1. The van der Waals surface area contributed by atoms with Crippen LogP contribution in [0.5, 0.6) is 0 Å². The Labute approximate surface area is 144 Å². The Morgan fingerprint density at radius 2 is 2.21 bits per heavy atom. The van der Waals surface area contributed by atoms with Gasteiger partial charge in [0.05, 0.1) is 10.2 Å². The maximum atomic E-state index is 12.1. The van der Waals surface area contributed by atoms with Gasteiger partial charge in [0.25, 0.3) is 5.91 Å². The summed E-state index contributed by atoms with van der Waals surface area (Å²) in [5.41, 5.74) is 0.907. The van der Waals surface area contributed by atoms with Gasteiger partial charge < -0.3 is 9.64 Å². The molecule has 6 heteroatoms. The second-order valence-corrected chi connectivity index (χ2v) is 6.96. The molecule has 1 saturated heterocycles. The summed E-state index contributed by atoms with van der Waals surface area (Å²) < 4.78 is 6.13. The predicted octanol–water partition coefficient (Wildman–Crippen LogP) is 3.25. The van der Waals surface area contributed by atoms with Crippen molar-refractivity contribution in [3.63, 3.8) is 0 Å². The van der Waals surface area contributed by atoms with Gasteiger partial charge in [-0.2, -0.15) is 0 Å². The van der Waals surface area contributed by atoms with Crippen LogP contribution in [0.25, 0.3) is 16.3 Å². The summed E-state index contributed by atoms with van der Waals surface area (Å²) in [6, 6.07) is 8.02. The number of rotatable bonds is 4. The van der Waals surface area contributed by atoms with Crippen molar-refractivity contribution in [2.45, 2.75) is 32.2 Å². The molecule has 1 atom stereocenters. The van der Waals surface area contributed by atoms with E-state index in [0.29, 0.717) is 0 Å². The summed E-state index contributed by atoms with van der Waals surface area (Å²) in [6.45, 7) is 2.58. The number of thiazole rings is 1. The van der Waals surface area contributed by atoms with Crippen molar-refractivity contribution in [2.24, 2.45) is 0 Å². The number of nitrogens with zero attached hydrogens (tertiary/aromatic N) is 2. The van der Waals surface area contributed by atoms with Gasteiger partial charge in [0, 0.05) is 18.7 Å². The number of para-hydroxylation sites is 1. The first kappa shape index (κ1) is 16.6. The number of carbonyl (C=O) groups is 2. The third-order valence-electron chi connectivity index (χ3n) is 4.13. The molecule has 1 aromatic carbocycles. The molecule has 2 aromatic rings. The zero-order chi connectivity index (χ0) is 16.9. The molecular weight excluding hydrogens is 324 g/mol. The first-order chi connectivity index (χ1) is 11.6. The maximum Gasteiger partial charge on any atom is 0.331 e. The summed E-state index contributed by atoms with van der Waals surface area (Å²) in [5, 5.41) is 0.740. The molecule has 0 unspecified atom stereocenters.